The molecule has 0 aliphatic rings. The van der Waals surface area contributed by atoms with Crippen molar-refractivity contribution in [3.63, 3.8) is 0 Å². The molecule has 0 saturated carbocycles. The molecular formula is C24H21ClN2O3. The summed E-state index contributed by atoms with van der Waals surface area (Å²) in [5, 5.41) is 13.5. The average molecular weight is 421 g/mol. The van der Waals surface area contributed by atoms with Crippen molar-refractivity contribution in [3.8, 4) is 17.6 Å². The Bertz CT molecular complexity index is 1050. The standard InChI is InChI=1S/C24H21ClN2O3/c1-2-28-23-13-19(15-27-30-17-21-11-7-6-10-20(21)14-26)12-22(25)24(23)29-16-18-8-4-3-5-9-18/h3-13,15H,2,16-17H2,1H3/b27-15-. The molecular weight excluding hydrogens is 400 g/mol. The molecule has 3 aromatic rings. The first-order valence-electron chi connectivity index (χ1n) is 9.47. The third kappa shape index (κ3) is 5.76. The van der Waals surface area contributed by atoms with Gasteiger partial charge in [0.05, 0.1) is 29.5 Å². The van der Waals surface area contributed by atoms with Crippen LogP contribution in [0.3, 0.4) is 0 Å². The molecule has 0 spiro atoms. The monoisotopic (exact) mass is 420 g/mol. The molecule has 30 heavy (non-hydrogen) atoms. The maximum Gasteiger partial charge on any atom is 0.180 e. The molecule has 0 aliphatic heterocycles. The molecule has 0 atom stereocenters. The second-order valence-corrected chi connectivity index (χ2v) is 6.72. The number of halogens is 1. The van der Waals surface area contributed by atoms with Gasteiger partial charge in [-0.3, -0.25) is 0 Å². The number of rotatable bonds is 9. The Balaban J connectivity index is 1.69. The minimum absolute atomic E-state index is 0.199. The Morgan fingerprint density at radius 3 is 2.53 bits per heavy atom. The summed E-state index contributed by atoms with van der Waals surface area (Å²) in [6.45, 7) is 2.95. The predicted octanol–water partition coefficient (Wildman–Crippen LogP) is 5.74. The minimum atomic E-state index is 0.199. The van der Waals surface area contributed by atoms with Crippen LogP contribution in [-0.2, 0) is 18.1 Å². The van der Waals surface area contributed by atoms with E-state index in [0.29, 0.717) is 40.9 Å². The average Bonchev–Trinajstić information content (AvgIpc) is 2.77. The van der Waals surface area contributed by atoms with Gasteiger partial charge in [-0.1, -0.05) is 65.3 Å². The first-order chi connectivity index (χ1) is 14.7. The zero-order chi connectivity index (χ0) is 21.2. The molecule has 0 N–H and O–H groups in total. The summed E-state index contributed by atoms with van der Waals surface area (Å²) in [4.78, 5) is 5.34. The lowest BCUT2D eigenvalue weighted by Crippen LogP contribution is -2.01. The van der Waals surface area contributed by atoms with Crippen molar-refractivity contribution < 1.29 is 14.3 Å². The number of nitriles is 1. The van der Waals surface area contributed by atoms with E-state index in [0.717, 1.165) is 11.1 Å². The zero-order valence-corrected chi connectivity index (χ0v) is 17.3. The molecule has 0 unspecified atom stereocenters. The van der Waals surface area contributed by atoms with Gasteiger partial charge in [0.1, 0.15) is 13.2 Å². The van der Waals surface area contributed by atoms with Gasteiger partial charge in [-0.05, 0) is 30.7 Å². The number of hydrogen-bond acceptors (Lipinski definition) is 5. The summed E-state index contributed by atoms with van der Waals surface area (Å²) in [7, 11) is 0. The van der Waals surface area contributed by atoms with Crippen LogP contribution in [0.5, 0.6) is 11.5 Å². The molecule has 0 aliphatic carbocycles. The van der Waals surface area contributed by atoms with Crippen molar-refractivity contribution in [2.45, 2.75) is 20.1 Å². The zero-order valence-electron chi connectivity index (χ0n) is 16.5. The summed E-state index contributed by atoms with van der Waals surface area (Å²) in [6.07, 6.45) is 1.55. The highest BCUT2D eigenvalue weighted by molar-refractivity contribution is 6.32. The van der Waals surface area contributed by atoms with Crippen molar-refractivity contribution in [2.75, 3.05) is 6.61 Å². The Labute approximate surface area is 181 Å². The topological polar surface area (TPSA) is 63.8 Å². The minimum Gasteiger partial charge on any atom is -0.490 e. The molecule has 5 nitrogen and oxygen atoms in total. The van der Waals surface area contributed by atoms with Gasteiger partial charge >= 0.3 is 0 Å². The van der Waals surface area contributed by atoms with E-state index in [-0.39, 0.29) is 6.61 Å². The normalized spacial score (nSPS) is 10.6. The smallest absolute Gasteiger partial charge is 0.180 e. The lowest BCUT2D eigenvalue weighted by Gasteiger charge is -2.14. The molecule has 0 saturated heterocycles. The van der Waals surface area contributed by atoms with Crippen molar-refractivity contribution in [3.05, 3.63) is 94.0 Å². The van der Waals surface area contributed by atoms with Crippen LogP contribution >= 0.6 is 11.6 Å². The molecule has 0 radical (unpaired) electrons. The molecule has 0 aromatic heterocycles. The highest BCUT2D eigenvalue weighted by Gasteiger charge is 2.12. The van der Waals surface area contributed by atoms with Gasteiger partial charge in [0.25, 0.3) is 0 Å². The van der Waals surface area contributed by atoms with Crippen molar-refractivity contribution >= 4 is 17.8 Å². The van der Waals surface area contributed by atoms with Gasteiger partial charge in [0.2, 0.25) is 0 Å². The molecule has 152 valence electrons. The fraction of sp³-hybridized carbons (Fsp3) is 0.167. The van der Waals surface area contributed by atoms with Gasteiger partial charge in [0, 0.05) is 11.1 Å². The first-order valence-corrected chi connectivity index (χ1v) is 9.85. The van der Waals surface area contributed by atoms with Crippen molar-refractivity contribution in [2.24, 2.45) is 5.16 Å². The van der Waals surface area contributed by atoms with E-state index in [1.807, 2.05) is 55.5 Å². The Hall–Kier alpha value is -3.49. The maximum atomic E-state index is 9.12. The summed E-state index contributed by atoms with van der Waals surface area (Å²) in [6, 6.07) is 22.7. The van der Waals surface area contributed by atoms with Gasteiger partial charge in [-0.15, -0.1) is 0 Å². The van der Waals surface area contributed by atoms with Crippen LogP contribution in [0.2, 0.25) is 5.02 Å². The van der Waals surface area contributed by atoms with Gasteiger partial charge < -0.3 is 14.3 Å². The summed E-state index contributed by atoms with van der Waals surface area (Å²) in [5.41, 5.74) is 3.08. The van der Waals surface area contributed by atoms with E-state index >= 15 is 0 Å². The first kappa shape index (κ1) is 21.2. The summed E-state index contributed by atoms with van der Waals surface area (Å²) in [5.74, 6) is 1.03. The molecule has 0 amide bonds. The van der Waals surface area contributed by atoms with Gasteiger partial charge in [-0.25, -0.2) is 0 Å². The summed E-state index contributed by atoms with van der Waals surface area (Å²) >= 11 is 6.44. The third-order valence-electron chi connectivity index (χ3n) is 4.19. The van der Waals surface area contributed by atoms with Gasteiger partial charge in [-0.2, -0.15) is 5.26 Å². The highest BCUT2D eigenvalue weighted by Crippen LogP contribution is 2.37. The van der Waals surface area contributed by atoms with Crippen molar-refractivity contribution in [1.82, 2.24) is 0 Å². The number of ether oxygens (including phenoxy) is 2. The SMILES string of the molecule is CCOc1cc(/C=N\OCc2ccccc2C#N)cc(Cl)c1OCc1ccccc1. The second-order valence-electron chi connectivity index (χ2n) is 6.31. The van der Waals surface area contributed by atoms with Crippen molar-refractivity contribution in [1.29, 1.82) is 5.26 Å². The van der Waals surface area contributed by atoms with E-state index in [2.05, 4.69) is 11.2 Å². The molecule has 0 heterocycles. The lowest BCUT2D eigenvalue weighted by atomic mass is 10.1. The van der Waals surface area contributed by atoms with Crippen LogP contribution < -0.4 is 9.47 Å². The predicted molar refractivity (Wildman–Crippen MR) is 117 cm³/mol. The summed E-state index contributed by atoms with van der Waals surface area (Å²) < 4.78 is 11.6. The number of oxime groups is 1. The van der Waals surface area contributed by atoms with Crippen LogP contribution in [0.15, 0.2) is 71.9 Å². The third-order valence-corrected chi connectivity index (χ3v) is 4.47. The Kier molecular flexibility index (Phi) is 7.71. The lowest BCUT2D eigenvalue weighted by molar-refractivity contribution is 0.132. The molecule has 3 rings (SSSR count). The molecule has 6 heteroatoms. The highest BCUT2D eigenvalue weighted by atomic mass is 35.5. The van der Waals surface area contributed by atoms with Crippen LogP contribution in [0.1, 0.15) is 29.2 Å². The fourth-order valence-electron chi connectivity index (χ4n) is 2.76. The molecule has 0 bridgehead atoms. The van der Waals surface area contributed by atoms with Crippen LogP contribution in [0.25, 0.3) is 0 Å². The molecule has 0 fully saturated rings. The fourth-order valence-corrected chi connectivity index (χ4v) is 3.03. The largest absolute Gasteiger partial charge is 0.490 e. The van der Waals surface area contributed by atoms with Crippen LogP contribution in [-0.4, -0.2) is 12.8 Å². The Morgan fingerprint density at radius 2 is 1.77 bits per heavy atom. The van der Waals surface area contributed by atoms with E-state index in [1.165, 1.54) is 0 Å². The number of hydrogen-bond donors (Lipinski definition) is 0. The van der Waals surface area contributed by atoms with E-state index in [4.69, 9.17) is 31.2 Å². The number of nitrogens with zero attached hydrogens (tertiary/aromatic N) is 2. The van der Waals surface area contributed by atoms with Crippen LogP contribution in [0, 0.1) is 11.3 Å². The van der Waals surface area contributed by atoms with E-state index in [9.17, 15) is 0 Å². The van der Waals surface area contributed by atoms with E-state index < -0.39 is 0 Å². The van der Waals surface area contributed by atoms with Crippen LogP contribution in [0.4, 0.5) is 0 Å². The van der Waals surface area contributed by atoms with E-state index in [1.54, 1.807) is 24.4 Å². The quantitative estimate of drug-likeness (QED) is 0.327. The maximum absolute atomic E-state index is 9.12. The Morgan fingerprint density at radius 1 is 1.00 bits per heavy atom. The molecule has 3 aromatic carbocycles. The second kappa shape index (κ2) is 10.9. The van der Waals surface area contributed by atoms with Gasteiger partial charge in [0.15, 0.2) is 11.5 Å². The number of benzene rings is 3.